The van der Waals surface area contributed by atoms with Crippen molar-refractivity contribution in [2.24, 2.45) is 5.92 Å². The zero-order valence-corrected chi connectivity index (χ0v) is 23.3. The van der Waals surface area contributed by atoms with Crippen molar-refractivity contribution in [3.63, 3.8) is 0 Å². The number of carbonyl (C=O) groups is 4. The van der Waals surface area contributed by atoms with Crippen molar-refractivity contribution in [2.75, 3.05) is 20.2 Å². The van der Waals surface area contributed by atoms with Crippen molar-refractivity contribution in [3.8, 4) is 5.75 Å². The second-order valence-corrected chi connectivity index (χ2v) is 10.7. The fourth-order valence-corrected chi connectivity index (χ4v) is 5.85. The van der Waals surface area contributed by atoms with Crippen molar-refractivity contribution in [1.29, 1.82) is 0 Å². The van der Waals surface area contributed by atoms with Gasteiger partial charge in [-0.1, -0.05) is 42.5 Å². The van der Waals surface area contributed by atoms with Gasteiger partial charge in [0.2, 0.25) is 0 Å². The van der Waals surface area contributed by atoms with E-state index in [1.54, 1.807) is 0 Å². The summed E-state index contributed by atoms with van der Waals surface area (Å²) >= 11 is 0. The molecule has 3 aliphatic rings. The summed E-state index contributed by atoms with van der Waals surface area (Å²) in [6.45, 7) is 3.60. The van der Waals surface area contributed by atoms with Crippen molar-refractivity contribution >= 4 is 23.8 Å². The lowest BCUT2D eigenvalue weighted by Gasteiger charge is -2.57. The first-order chi connectivity index (χ1) is 19.4. The van der Waals surface area contributed by atoms with Crippen LogP contribution in [0.1, 0.15) is 67.4 Å². The highest BCUT2D eigenvalue weighted by molar-refractivity contribution is 5.97. The quantitative estimate of drug-likeness (QED) is 0.270. The van der Waals surface area contributed by atoms with Gasteiger partial charge >= 0.3 is 17.9 Å². The fourth-order valence-electron chi connectivity index (χ4n) is 5.85. The number of aliphatic hydroxyl groups is 1. The number of carboxylic acid groups (broad SMARTS) is 3. The molecule has 0 spiro atoms. The van der Waals surface area contributed by atoms with Gasteiger partial charge in [0.05, 0.1) is 31.1 Å². The number of ether oxygens (including phenoxy) is 1. The number of nitrogens with zero attached hydrogens (tertiary/aromatic N) is 1. The Morgan fingerprint density at radius 3 is 2.05 bits per heavy atom. The number of likely N-dealkylation sites (N-methyl/N-ethyl adjacent to an activating group) is 1. The molecule has 222 valence electrons. The maximum absolute atomic E-state index is 13.3. The van der Waals surface area contributed by atoms with Gasteiger partial charge in [0.15, 0.2) is 5.60 Å². The van der Waals surface area contributed by atoms with Crippen LogP contribution in [-0.4, -0.2) is 80.5 Å². The molecule has 2 aliphatic heterocycles. The number of benzene rings is 2. The highest BCUT2D eigenvalue weighted by atomic mass is 16.5. The molecule has 0 radical (unpaired) electrons. The molecule has 2 saturated heterocycles. The Morgan fingerprint density at radius 1 is 0.976 bits per heavy atom. The molecule has 11 nitrogen and oxygen atoms in total. The van der Waals surface area contributed by atoms with E-state index in [0.717, 1.165) is 25.3 Å². The summed E-state index contributed by atoms with van der Waals surface area (Å²) in [5.41, 5.74) is -0.977. The van der Waals surface area contributed by atoms with Crippen LogP contribution >= 0.6 is 0 Å². The maximum Gasteiger partial charge on any atom is 0.336 e. The van der Waals surface area contributed by atoms with Crippen LogP contribution in [0.4, 0.5) is 0 Å². The molecule has 2 aromatic rings. The molecule has 2 heterocycles. The average Bonchev–Trinajstić information content (AvgIpc) is 2.92. The Bertz CT molecular complexity index is 1210. The van der Waals surface area contributed by atoms with E-state index in [-0.39, 0.29) is 17.5 Å². The number of para-hydroxylation sites is 1. The number of hydrogen-bond donors (Lipinski definition) is 5. The summed E-state index contributed by atoms with van der Waals surface area (Å²) in [6.07, 6.45) is 2.46. The van der Waals surface area contributed by atoms with Gasteiger partial charge in [0.1, 0.15) is 5.75 Å². The number of nitrogens with one attached hydrogen (secondary N) is 1. The van der Waals surface area contributed by atoms with E-state index in [1.807, 2.05) is 37.3 Å². The van der Waals surface area contributed by atoms with Gasteiger partial charge in [-0.15, -0.1) is 0 Å². The Balaban J connectivity index is 0.000000302. The van der Waals surface area contributed by atoms with Gasteiger partial charge in [0, 0.05) is 12.1 Å². The normalized spacial score (nSPS) is 20.7. The first-order valence-electron chi connectivity index (χ1n) is 13.6. The minimum atomic E-state index is -2.74. The Kier molecular flexibility index (Phi) is 10.5. The van der Waals surface area contributed by atoms with Gasteiger partial charge in [0.25, 0.3) is 5.91 Å². The molecule has 1 atom stereocenters. The molecule has 5 rings (SSSR count). The monoisotopic (exact) mass is 570 g/mol. The predicted molar refractivity (Wildman–Crippen MR) is 149 cm³/mol. The molecular formula is C30H38N2O9. The van der Waals surface area contributed by atoms with Gasteiger partial charge in [-0.3, -0.25) is 19.3 Å². The van der Waals surface area contributed by atoms with E-state index in [1.165, 1.54) is 18.4 Å². The lowest BCUT2D eigenvalue weighted by molar-refractivity contribution is -0.170. The second-order valence-electron chi connectivity index (χ2n) is 10.7. The van der Waals surface area contributed by atoms with Crippen LogP contribution in [0.5, 0.6) is 5.75 Å². The first-order valence-corrected chi connectivity index (χ1v) is 13.6. The summed E-state index contributed by atoms with van der Waals surface area (Å²) in [5, 5.41) is 37.2. The summed E-state index contributed by atoms with van der Waals surface area (Å²) < 4.78 is 5.70. The van der Waals surface area contributed by atoms with Crippen LogP contribution < -0.4 is 10.1 Å². The van der Waals surface area contributed by atoms with E-state index in [9.17, 15) is 19.2 Å². The van der Waals surface area contributed by atoms with Crippen LogP contribution in [0, 0.1) is 5.92 Å². The first kappa shape index (κ1) is 31.6. The third kappa shape index (κ3) is 7.62. The Labute approximate surface area is 238 Å². The Hall–Kier alpha value is -3.96. The minimum Gasteiger partial charge on any atom is -0.493 e. The van der Waals surface area contributed by atoms with Gasteiger partial charge in [-0.2, -0.15) is 0 Å². The number of carbonyl (C=O) groups excluding carboxylic acids is 1. The summed E-state index contributed by atoms with van der Waals surface area (Å²) in [6, 6.07) is 17.9. The molecule has 0 unspecified atom stereocenters. The maximum atomic E-state index is 13.3. The van der Waals surface area contributed by atoms with Crippen LogP contribution in [0.2, 0.25) is 0 Å². The molecule has 1 saturated carbocycles. The summed E-state index contributed by atoms with van der Waals surface area (Å²) in [5.74, 6) is -3.63. The molecule has 2 aromatic carbocycles. The number of piperidine rings is 2. The fraction of sp³-hybridized carbons (Fsp3) is 0.467. The standard InChI is InChI=1S/C24H30N2O2.C6H8O7/c1-3-28-21-12-8-7-11-20(21)23(27)25-22(19-9-5-4-6-10-19)24-15-13-18(14-16-24)17-26(24)2;7-3(8)1-6(13,5(11)12)2-4(9)10/h4-12,18,22H,3,13-17H2,1-2H3,(H,25,27);13H,1-2H2,(H,7,8)(H,9,10)(H,11,12)/t18?,22-,24?;/m1./s1. The Morgan fingerprint density at radius 2 is 1.54 bits per heavy atom. The lowest BCUT2D eigenvalue weighted by Crippen LogP contribution is -2.62. The number of amides is 1. The number of carboxylic acids is 3. The minimum absolute atomic E-state index is 0.0215. The highest BCUT2D eigenvalue weighted by Gasteiger charge is 2.50. The van der Waals surface area contributed by atoms with Crippen LogP contribution in [0.15, 0.2) is 54.6 Å². The average molecular weight is 571 g/mol. The molecule has 2 bridgehead atoms. The number of fused-ring (bicyclic) bond motifs is 3. The molecule has 41 heavy (non-hydrogen) atoms. The zero-order chi connectivity index (χ0) is 30.2. The second kappa shape index (κ2) is 13.6. The van der Waals surface area contributed by atoms with Crippen LogP contribution in [0.25, 0.3) is 0 Å². The van der Waals surface area contributed by atoms with E-state index < -0.39 is 36.4 Å². The van der Waals surface area contributed by atoms with E-state index in [0.29, 0.717) is 17.9 Å². The van der Waals surface area contributed by atoms with Gasteiger partial charge < -0.3 is 30.5 Å². The number of aliphatic carboxylic acids is 3. The highest BCUT2D eigenvalue weighted by Crippen LogP contribution is 2.49. The molecule has 1 aliphatic carbocycles. The number of rotatable bonds is 11. The smallest absolute Gasteiger partial charge is 0.336 e. The SMILES string of the molecule is CCOc1ccccc1C(=O)N[C@H](c1ccccc1)C12CCC(CC1)CN2C.O=C(O)CC(O)(CC(=O)O)C(=O)O. The van der Waals surface area contributed by atoms with E-state index >= 15 is 0 Å². The molecule has 3 fully saturated rings. The van der Waals surface area contributed by atoms with Crippen molar-refractivity contribution in [2.45, 2.75) is 62.6 Å². The lowest BCUT2D eigenvalue weighted by atomic mass is 9.66. The molecule has 0 aromatic heterocycles. The van der Waals surface area contributed by atoms with Crippen LogP contribution in [0.3, 0.4) is 0 Å². The van der Waals surface area contributed by atoms with Crippen molar-refractivity contribution in [1.82, 2.24) is 10.2 Å². The van der Waals surface area contributed by atoms with Gasteiger partial charge in [-0.25, -0.2) is 4.79 Å². The van der Waals surface area contributed by atoms with Gasteiger partial charge in [-0.05, 0) is 63.3 Å². The summed E-state index contributed by atoms with van der Waals surface area (Å²) in [7, 11) is 2.22. The summed E-state index contributed by atoms with van der Waals surface area (Å²) in [4.78, 5) is 46.3. The molecule has 11 heteroatoms. The van der Waals surface area contributed by atoms with E-state index in [4.69, 9.17) is 25.2 Å². The number of hydrogen-bond acceptors (Lipinski definition) is 7. The molecular weight excluding hydrogens is 532 g/mol. The third-order valence-corrected chi connectivity index (χ3v) is 7.93. The van der Waals surface area contributed by atoms with E-state index in [2.05, 4.69) is 41.5 Å². The van der Waals surface area contributed by atoms with Crippen molar-refractivity contribution < 1.29 is 44.3 Å². The molecule has 5 N–H and O–H groups in total. The van der Waals surface area contributed by atoms with Crippen molar-refractivity contribution in [3.05, 3.63) is 65.7 Å². The largest absolute Gasteiger partial charge is 0.493 e. The molecule has 1 amide bonds. The topological polar surface area (TPSA) is 174 Å². The van der Waals surface area contributed by atoms with Crippen LogP contribution in [-0.2, 0) is 14.4 Å². The predicted octanol–water partition coefficient (Wildman–Crippen LogP) is 3.18. The third-order valence-electron chi connectivity index (χ3n) is 7.93. The zero-order valence-electron chi connectivity index (χ0n) is 23.3.